The van der Waals surface area contributed by atoms with Crippen molar-refractivity contribution >= 4 is 10.9 Å². The Kier molecular flexibility index (Phi) is 3.09. The maximum Gasteiger partial charge on any atom is 0.0856 e. The molecule has 0 aliphatic carbocycles. The first-order chi connectivity index (χ1) is 10.2. The average Bonchev–Trinajstić information content (AvgIpc) is 2.75. The van der Waals surface area contributed by atoms with Crippen LogP contribution < -0.4 is 0 Å². The molecule has 0 unspecified atom stereocenters. The Morgan fingerprint density at radius 2 is 2.10 bits per heavy atom. The van der Waals surface area contributed by atoms with Crippen LogP contribution in [0.1, 0.15) is 49.9 Å². The zero-order valence-electron chi connectivity index (χ0n) is 12.7. The highest BCUT2D eigenvalue weighted by Crippen LogP contribution is 2.45. The van der Waals surface area contributed by atoms with Crippen LogP contribution in [0.3, 0.4) is 0 Å². The van der Waals surface area contributed by atoms with Gasteiger partial charge < -0.3 is 10.1 Å². The normalized spacial score (nSPS) is 29.9. The maximum absolute atomic E-state index is 11.2. The summed E-state index contributed by atoms with van der Waals surface area (Å²) in [6, 6.07) is 8.71. The number of aliphatic hydroxyl groups is 1. The van der Waals surface area contributed by atoms with Gasteiger partial charge in [-0.15, -0.1) is 0 Å². The minimum atomic E-state index is -0.585. The SMILES string of the molecule is CC[C@@]1(O)CCCN2CCCc3c([nH]c4ccccc34)[C@H]21. The number of nitrogens with one attached hydrogen (secondary N) is 1. The predicted octanol–water partition coefficient (Wildman–Crippen LogP) is 3.39. The first kappa shape index (κ1) is 13.4. The van der Waals surface area contributed by atoms with Gasteiger partial charge in [0.15, 0.2) is 0 Å². The van der Waals surface area contributed by atoms with Gasteiger partial charge in [0, 0.05) is 16.6 Å². The van der Waals surface area contributed by atoms with Crippen molar-refractivity contribution in [3.05, 3.63) is 35.5 Å². The fourth-order valence-corrected chi connectivity index (χ4v) is 4.44. The summed E-state index contributed by atoms with van der Waals surface area (Å²) in [5, 5.41) is 12.6. The number of rotatable bonds is 1. The average molecular weight is 284 g/mol. The number of hydrogen-bond acceptors (Lipinski definition) is 2. The van der Waals surface area contributed by atoms with Crippen molar-refractivity contribution in [1.29, 1.82) is 0 Å². The molecule has 1 aromatic carbocycles. The number of aromatic nitrogens is 1. The van der Waals surface area contributed by atoms with Crippen LogP contribution in [0.5, 0.6) is 0 Å². The van der Waals surface area contributed by atoms with Crippen molar-refractivity contribution in [3.63, 3.8) is 0 Å². The minimum Gasteiger partial charge on any atom is -0.388 e. The van der Waals surface area contributed by atoms with Crippen LogP contribution in [0, 0.1) is 0 Å². The number of piperidine rings is 1. The van der Waals surface area contributed by atoms with Crippen molar-refractivity contribution in [2.75, 3.05) is 13.1 Å². The van der Waals surface area contributed by atoms with Gasteiger partial charge in [-0.2, -0.15) is 0 Å². The van der Waals surface area contributed by atoms with Crippen molar-refractivity contribution in [3.8, 4) is 0 Å². The lowest BCUT2D eigenvalue weighted by Gasteiger charge is -2.46. The molecule has 2 aliphatic heterocycles. The minimum absolute atomic E-state index is 0.140. The Morgan fingerprint density at radius 1 is 1.29 bits per heavy atom. The van der Waals surface area contributed by atoms with Crippen LogP contribution in [-0.2, 0) is 6.42 Å². The molecule has 4 rings (SSSR count). The first-order valence-electron chi connectivity index (χ1n) is 8.29. The van der Waals surface area contributed by atoms with Gasteiger partial charge >= 0.3 is 0 Å². The number of aromatic amines is 1. The Labute approximate surface area is 126 Å². The molecule has 0 radical (unpaired) electrons. The van der Waals surface area contributed by atoms with E-state index in [9.17, 15) is 5.11 Å². The molecule has 112 valence electrons. The number of H-pyrrole nitrogens is 1. The molecule has 2 aromatic rings. The Balaban J connectivity index is 1.92. The summed E-state index contributed by atoms with van der Waals surface area (Å²) in [5.41, 5.74) is 3.34. The lowest BCUT2D eigenvalue weighted by molar-refractivity contribution is -0.0855. The van der Waals surface area contributed by atoms with Crippen LogP contribution in [0.4, 0.5) is 0 Å². The summed E-state index contributed by atoms with van der Waals surface area (Å²) in [5.74, 6) is 0. The van der Waals surface area contributed by atoms with Gasteiger partial charge in [-0.3, -0.25) is 4.90 Å². The lowest BCUT2D eigenvalue weighted by atomic mass is 9.80. The third kappa shape index (κ3) is 1.95. The molecule has 2 N–H and O–H groups in total. The van der Waals surface area contributed by atoms with Crippen LogP contribution in [0.25, 0.3) is 10.9 Å². The molecule has 2 atom stereocenters. The van der Waals surface area contributed by atoms with E-state index in [2.05, 4.69) is 41.1 Å². The number of nitrogens with zero attached hydrogens (tertiary/aromatic N) is 1. The van der Waals surface area contributed by atoms with Crippen LogP contribution in [0.15, 0.2) is 24.3 Å². The van der Waals surface area contributed by atoms with Gasteiger partial charge in [0.05, 0.1) is 11.6 Å². The third-order valence-corrected chi connectivity index (χ3v) is 5.53. The van der Waals surface area contributed by atoms with E-state index >= 15 is 0 Å². The fourth-order valence-electron chi connectivity index (χ4n) is 4.44. The van der Waals surface area contributed by atoms with E-state index in [1.165, 1.54) is 28.6 Å². The Bertz CT molecular complexity index is 662. The number of fused-ring (bicyclic) bond motifs is 5. The zero-order chi connectivity index (χ0) is 14.4. The van der Waals surface area contributed by atoms with Crippen LogP contribution in [0.2, 0.25) is 0 Å². The predicted molar refractivity (Wildman–Crippen MR) is 85.4 cm³/mol. The van der Waals surface area contributed by atoms with Crippen LogP contribution in [-0.4, -0.2) is 33.7 Å². The van der Waals surface area contributed by atoms with Crippen molar-refractivity contribution in [2.45, 2.75) is 50.7 Å². The number of para-hydroxylation sites is 1. The molecule has 0 amide bonds. The molecule has 3 heterocycles. The molecule has 3 heteroatoms. The molecule has 1 saturated heterocycles. The van der Waals surface area contributed by atoms with E-state index in [1.54, 1.807) is 0 Å². The highest BCUT2D eigenvalue weighted by atomic mass is 16.3. The second kappa shape index (κ2) is 4.85. The van der Waals surface area contributed by atoms with Crippen molar-refractivity contribution < 1.29 is 5.11 Å². The highest BCUT2D eigenvalue weighted by Gasteiger charge is 2.45. The van der Waals surface area contributed by atoms with Crippen molar-refractivity contribution in [1.82, 2.24) is 9.88 Å². The fraction of sp³-hybridized carbons (Fsp3) is 0.556. The topological polar surface area (TPSA) is 39.3 Å². The van der Waals surface area contributed by atoms with Gasteiger partial charge in [-0.1, -0.05) is 25.1 Å². The second-order valence-corrected chi connectivity index (χ2v) is 6.67. The number of benzene rings is 1. The van der Waals surface area contributed by atoms with Gasteiger partial charge in [-0.05, 0) is 56.8 Å². The molecule has 0 bridgehead atoms. The quantitative estimate of drug-likeness (QED) is 0.842. The molecule has 0 saturated carbocycles. The first-order valence-corrected chi connectivity index (χ1v) is 8.29. The van der Waals surface area contributed by atoms with E-state index in [0.717, 1.165) is 38.8 Å². The molecule has 1 fully saturated rings. The molecule has 2 aliphatic rings. The smallest absolute Gasteiger partial charge is 0.0856 e. The third-order valence-electron chi connectivity index (χ3n) is 5.53. The molecule has 21 heavy (non-hydrogen) atoms. The summed E-state index contributed by atoms with van der Waals surface area (Å²) in [6.07, 6.45) is 5.15. The van der Waals surface area contributed by atoms with E-state index in [-0.39, 0.29) is 6.04 Å². The number of hydrogen-bond donors (Lipinski definition) is 2. The lowest BCUT2D eigenvalue weighted by Crippen LogP contribution is -2.50. The van der Waals surface area contributed by atoms with Gasteiger partial charge in [0.2, 0.25) is 0 Å². The Hall–Kier alpha value is -1.32. The van der Waals surface area contributed by atoms with Crippen molar-refractivity contribution in [2.24, 2.45) is 0 Å². The summed E-state index contributed by atoms with van der Waals surface area (Å²) < 4.78 is 0. The van der Waals surface area contributed by atoms with Crippen LogP contribution >= 0.6 is 0 Å². The van der Waals surface area contributed by atoms with E-state index in [0.29, 0.717) is 0 Å². The van der Waals surface area contributed by atoms with Gasteiger partial charge in [0.25, 0.3) is 0 Å². The summed E-state index contributed by atoms with van der Waals surface area (Å²) in [7, 11) is 0. The largest absolute Gasteiger partial charge is 0.388 e. The molecular formula is C18H24N2O. The molecule has 3 nitrogen and oxygen atoms in total. The summed E-state index contributed by atoms with van der Waals surface area (Å²) in [4.78, 5) is 6.15. The molecule has 0 spiro atoms. The van der Waals surface area contributed by atoms with E-state index in [1.807, 2.05) is 0 Å². The standard InChI is InChI=1S/C18H24N2O/c1-2-18(21)10-6-12-20-11-5-8-14-13-7-3-4-9-15(13)19-16(14)17(18)20/h3-4,7,9,17,19,21H,2,5-6,8,10-12H2,1H3/t17-,18+/m0/s1. The maximum atomic E-state index is 11.2. The Morgan fingerprint density at radius 3 is 2.95 bits per heavy atom. The van der Waals surface area contributed by atoms with E-state index in [4.69, 9.17) is 0 Å². The highest BCUT2D eigenvalue weighted by molar-refractivity contribution is 5.85. The summed E-state index contributed by atoms with van der Waals surface area (Å²) >= 11 is 0. The zero-order valence-corrected chi connectivity index (χ0v) is 12.7. The molecule has 1 aromatic heterocycles. The van der Waals surface area contributed by atoms with E-state index < -0.39 is 5.60 Å². The van der Waals surface area contributed by atoms with Gasteiger partial charge in [0.1, 0.15) is 0 Å². The molecular weight excluding hydrogens is 260 g/mol. The second-order valence-electron chi connectivity index (χ2n) is 6.67. The van der Waals surface area contributed by atoms with Gasteiger partial charge in [-0.25, -0.2) is 0 Å². The number of aryl methyl sites for hydroxylation is 1. The monoisotopic (exact) mass is 284 g/mol. The summed E-state index contributed by atoms with van der Waals surface area (Å²) in [6.45, 7) is 4.34.